The van der Waals surface area contributed by atoms with Gasteiger partial charge in [0.1, 0.15) is 0 Å². The van der Waals surface area contributed by atoms with E-state index in [0.29, 0.717) is 6.61 Å². The van der Waals surface area contributed by atoms with E-state index in [1.54, 1.807) is 27.2 Å². The van der Waals surface area contributed by atoms with Crippen molar-refractivity contribution in [1.82, 2.24) is 0 Å². The number of allylic oxidation sites excluding steroid dienone is 3. The molecule has 0 heterocycles. The molecule has 116 valence electrons. The van der Waals surface area contributed by atoms with Gasteiger partial charge in [-0.3, -0.25) is 0 Å². The van der Waals surface area contributed by atoms with E-state index in [2.05, 4.69) is 13.0 Å². The second-order valence-electron chi connectivity index (χ2n) is 4.77. The van der Waals surface area contributed by atoms with Crippen LogP contribution in [0.1, 0.15) is 46.5 Å². The first-order valence-electron chi connectivity index (χ1n) is 7.08. The average Bonchev–Trinajstić information content (AvgIpc) is 2.40. The summed E-state index contributed by atoms with van der Waals surface area (Å²) < 4.78 is 15.2. The highest BCUT2D eigenvalue weighted by Crippen LogP contribution is 2.12. The molecule has 0 rings (SSSR count). The van der Waals surface area contributed by atoms with Crippen molar-refractivity contribution in [3.05, 3.63) is 23.3 Å². The SMILES string of the molecule is CCOC(=O)/C=C(\C)CC/C=C(\C)CCC(OC)OC. The van der Waals surface area contributed by atoms with E-state index in [9.17, 15) is 4.79 Å². The van der Waals surface area contributed by atoms with Crippen LogP contribution in [0.2, 0.25) is 0 Å². The van der Waals surface area contributed by atoms with Crippen LogP contribution >= 0.6 is 0 Å². The number of rotatable bonds is 10. The van der Waals surface area contributed by atoms with Gasteiger partial charge in [-0.05, 0) is 40.0 Å². The molecule has 0 aromatic carbocycles. The second-order valence-corrected chi connectivity index (χ2v) is 4.77. The Morgan fingerprint density at radius 2 is 1.75 bits per heavy atom. The van der Waals surface area contributed by atoms with E-state index in [0.717, 1.165) is 31.3 Å². The summed E-state index contributed by atoms with van der Waals surface area (Å²) in [7, 11) is 3.30. The predicted octanol–water partition coefficient (Wildman–Crippen LogP) is 3.62. The molecular weight excluding hydrogens is 256 g/mol. The quantitative estimate of drug-likeness (QED) is 0.266. The first kappa shape index (κ1) is 18.9. The monoisotopic (exact) mass is 284 g/mol. The molecule has 20 heavy (non-hydrogen) atoms. The van der Waals surface area contributed by atoms with Gasteiger partial charge in [0.05, 0.1) is 6.61 Å². The van der Waals surface area contributed by atoms with Gasteiger partial charge < -0.3 is 14.2 Å². The Morgan fingerprint density at radius 1 is 1.10 bits per heavy atom. The molecule has 0 atom stereocenters. The number of hydrogen-bond acceptors (Lipinski definition) is 4. The summed E-state index contributed by atoms with van der Waals surface area (Å²) in [5.74, 6) is -0.256. The molecule has 0 aromatic rings. The third-order valence-electron chi connectivity index (χ3n) is 2.98. The summed E-state index contributed by atoms with van der Waals surface area (Å²) >= 11 is 0. The standard InChI is InChI=1S/C16H28O4/c1-6-20-15(17)12-14(3)9-7-8-13(2)10-11-16(18-4)19-5/h8,12,16H,6-7,9-11H2,1-5H3/b13-8+,14-12+. The van der Waals surface area contributed by atoms with Crippen molar-refractivity contribution in [2.45, 2.75) is 52.7 Å². The van der Waals surface area contributed by atoms with Gasteiger partial charge in [0.2, 0.25) is 0 Å². The molecule has 4 nitrogen and oxygen atoms in total. The minimum atomic E-state index is -0.256. The lowest BCUT2D eigenvalue weighted by Gasteiger charge is -2.12. The largest absolute Gasteiger partial charge is 0.463 e. The van der Waals surface area contributed by atoms with E-state index in [1.165, 1.54) is 5.57 Å². The molecule has 0 aliphatic rings. The highest BCUT2D eigenvalue weighted by molar-refractivity contribution is 5.82. The minimum Gasteiger partial charge on any atom is -0.463 e. The number of esters is 1. The number of hydrogen-bond donors (Lipinski definition) is 0. The molecule has 0 radical (unpaired) electrons. The van der Waals surface area contributed by atoms with Crippen LogP contribution in [0.15, 0.2) is 23.3 Å². The van der Waals surface area contributed by atoms with Crippen LogP contribution in [0.25, 0.3) is 0 Å². The molecule has 0 saturated heterocycles. The van der Waals surface area contributed by atoms with Gasteiger partial charge in [0, 0.05) is 26.7 Å². The van der Waals surface area contributed by atoms with Crippen molar-refractivity contribution in [3.8, 4) is 0 Å². The second kappa shape index (κ2) is 11.7. The highest BCUT2D eigenvalue weighted by atomic mass is 16.7. The fraction of sp³-hybridized carbons (Fsp3) is 0.688. The van der Waals surface area contributed by atoms with Crippen LogP contribution in [0.4, 0.5) is 0 Å². The van der Waals surface area contributed by atoms with E-state index in [1.807, 2.05) is 6.92 Å². The maximum absolute atomic E-state index is 11.3. The van der Waals surface area contributed by atoms with Gasteiger partial charge in [-0.25, -0.2) is 4.79 Å². The fourth-order valence-electron chi connectivity index (χ4n) is 1.78. The van der Waals surface area contributed by atoms with Crippen LogP contribution in [0, 0.1) is 0 Å². The molecule has 0 amide bonds. The number of carbonyl (C=O) groups is 1. The van der Waals surface area contributed by atoms with E-state index < -0.39 is 0 Å². The Hall–Kier alpha value is -1.13. The third kappa shape index (κ3) is 9.75. The summed E-state index contributed by atoms with van der Waals surface area (Å²) in [6.07, 6.45) is 7.24. The zero-order chi connectivity index (χ0) is 15.4. The maximum Gasteiger partial charge on any atom is 0.330 e. The normalized spacial score (nSPS) is 12.9. The third-order valence-corrected chi connectivity index (χ3v) is 2.98. The van der Waals surface area contributed by atoms with E-state index in [4.69, 9.17) is 14.2 Å². The summed E-state index contributed by atoms with van der Waals surface area (Å²) in [5.41, 5.74) is 2.35. The zero-order valence-electron chi connectivity index (χ0n) is 13.4. The molecular formula is C16H28O4. The average molecular weight is 284 g/mol. The number of methoxy groups -OCH3 is 2. The minimum absolute atomic E-state index is 0.135. The predicted molar refractivity (Wildman–Crippen MR) is 80.4 cm³/mol. The van der Waals surface area contributed by atoms with E-state index in [-0.39, 0.29) is 12.3 Å². The molecule has 0 unspecified atom stereocenters. The smallest absolute Gasteiger partial charge is 0.330 e. The molecule has 0 aliphatic carbocycles. The maximum atomic E-state index is 11.3. The molecule has 0 fully saturated rings. The topological polar surface area (TPSA) is 44.8 Å². The molecule has 0 aliphatic heterocycles. The van der Waals surface area contributed by atoms with Gasteiger partial charge >= 0.3 is 5.97 Å². The van der Waals surface area contributed by atoms with Crippen molar-refractivity contribution in [3.63, 3.8) is 0 Å². The highest BCUT2D eigenvalue weighted by Gasteiger charge is 2.04. The summed E-state index contributed by atoms with van der Waals surface area (Å²) in [4.78, 5) is 11.3. The van der Waals surface area contributed by atoms with Gasteiger partial charge in [0.15, 0.2) is 6.29 Å². The first-order valence-corrected chi connectivity index (χ1v) is 7.08. The molecule has 0 bridgehead atoms. The van der Waals surface area contributed by atoms with Crippen LogP contribution in [0.5, 0.6) is 0 Å². The number of carbonyl (C=O) groups excluding carboxylic acids is 1. The molecule has 0 saturated carbocycles. The molecule has 0 spiro atoms. The Bertz CT molecular complexity index is 327. The van der Waals surface area contributed by atoms with Crippen molar-refractivity contribution >= 4 is 5.97 Å². The van der Waals surface area contributed by atoms with Crippen LogP contribution < -0.4 is 0 Å². The van der Waals surface area contributed by atoms with E-state index >= 15 is 0 Å². The summed E-state index contributed by atoms with van der Waals surface area (Å²) in [5, 5.41) is 0. The van der Waals surface area contributed by atoms with Crippen molar-refractivity contribution in [2.24, 2.45) is 0 Å². The molecule has 0 N–H and O–H groups in total. The van der Waals surface area contributed by atoms with Crippen LogP contribution in [0.3, 0.4) is 0 Å². The van der Waals surface area contributed by atoms with Crippen LogP contribution in [-0.2, 0) is 19.0 Å². The van der Waals surface area contributed by atoms with Gasteiger partial charge in [0.25, 0.3) is 0 Å². The Balaban J connectivity index is 4.01. The Kier molecular flexibility index (Phi) is 11.0. The van der Waals surface area contributed by atoms with Crippen molar-refractivity contribution in [1.29, 1.82) is 0 Å². The molecule has 4 heteroatoms. The van der Waals surface area contributed by atoms with Crippen LogP contribution in [-0.4, -0.2) is 33.1 Å². The van der Waals surface area contributed by atoms with Gasteiger partial charge in [-0.1, -0.05) is 17.2 Å². The first-order chi connectivity index (χ1) is 9.53. The molecule has 0 aromatic heterocycles. The lowest BCUT2D eigenvalue weighted by molar-refractivity contribution is -0.137. The summed E-state index contributed by atoms with van der Waals surface area (Å²) in [6, 6.07) is 0. The Labute approximate surface area is 122 Å². The Morgan fingerprint density at radius 3 is 2.30 bits per heavy atom. The zero-order valence-corrected chi connectivity index (χ0v) is 13.4. The van der Waals surface area contributed by atoms with Crippen molar-refractivity contribution < 1.29 is 19.0 Å². The fourth-order valence-corrected chi connectivity index (χ4v) is 1.78. The lowest BCUT2D eigenvalue weighted by Crippen LogP contribution is -2.12. The van der Waals surface area contributed by atoms with Crippen molar-refractivity contribution in [2.75, 3.05) is 20.8 Å². The van der Waals surface area contributed by atoms with Gasteiger partial charge in [-0.2, -0.15) is 0 Å². The lowest BCUT2D eigenvalue weighted by atomic mass is 10.1. The van der Waals surface area contributed by atoms with Gasteiger partial charge in [-0.15, -0.1) is 0 Å². The number of ether oxygens (including phenoxy) is 3. The summed E-state index contributed by atoms with van der Waals surface area (Å²) in [6.45, 7) is 6.28.